The topological polar surface area (TPSA) is 66.4 Å². The van der Waals surface area contributed by atoms with E-state index in [9.17, 15) is 9.59 Å². The van der Waals surface area contributed by atoms with E-state index >= 15 is 0 Å². The molecule has 0 unspecified atom stereocenters. The molecule has 21 heavy (non-hydrogen) atoms. The van der Waals surface area contributed by atoms with Gasteiger partial charge >= 0.3 is 0 Å². The average molecular weight is 286 g/mol. The quantitative estimate of drug-likeness (QED) is 0.832. The maximum atomic E-state index is 11.9. The molecule has 1 aromatic carbocycles. The summed E-state index contributed by atoms with van der Waals surface area (Å²) >= 11 is 0. The van der Waals surface area contributed by atoms with Crippen LogP contribution in [0.3, 0.4) is 0 Å². The van der Waals surface area contributed by atoms with Crippen molar-refractivity contribution in [2.45, 2.75) is 0 Å². The molecule has 2 rings (SSSR count). The van der Waals surface area contributed by atoms with Gasteiger partial charge < -0.3 is 9.47 Å². The Morgan fingerprint density at radius 2 is 1.62 bits per heavy atom. The summed E-state index contributed by atoms with van der Waals surface area (Å²) in [6, 6.07) is 10.5. The van der Waals surface area contributed by atoms with Crippen molar-refractivity contribution in [1.29, 1.82) is 0 Å². The molecule has 6 nitrogen and oxygen atoms in total. The van der Waals surface area contributed by atoms with Crippen LogP contribution < -0.4 is 15.8 Å². The molecule has 0 spiro atoms. The van der Waals surface area contributed by atoms with Gasteiger partial charge in [0, 0.05) is 38.6 Å². The van der Waals surface area contributed by atoms with E-state index in [4.69, 9.17) is 0 Å². The van der Waals surface area contributed by atoms with Crippen molar-refractivity contribution >= 4 is 17.5 Å². The lowest BCUT2D eigenvalue weighted by atomic mass is 10.2. The molecule has 2 N–H and O–H groups in total. The van der Waals surface area contributed by atoms with Gasteiger partial charge in [0.1, 0.15) is 5.69 Å². The average Bonchev–Trinajstić information content (AvgIpc) is 2.90. The Bertz CT molecular complexity index is 644. The van der Waals surface area contributed by atoms with Crippen LogP contribution in [0.15, 0.2) is 42.6 Å². The summed E-state index contributed by atoms with van der Waals surface area (Å²) in [4.78, 5) is 25.7. The highest BCUT2D eigenvalue weighted by atomic mass is 16.2. The summed E-state index contributed by atoms with van der Waals surface area (Å²) < 4.78 is 1.67. The third kappa shape index (κ3) is 3.42. The predicted molar refractivity (Wildman–Crippen MR) is 81.1 cm³/mol. The second-order valence-corrected chi connectivity index (χ2v) is 4.85. The molecule has 1 aromatic heterocycles. The number of carbonyl (C=O) groups excluding carboxylic acids is 2. The van der Waals surface area contributed by atoms with Crippen molar-refractivity contribution in [2.24, 2.45) is 7.05 Å². The van der Waals surface area contributed by atoms with Gasteiger partial charge in [-0.25, -0.2) is 0 Å². The van der Waals surface area contributed by atoms with E-state index in [2.05, 4.69) is 10.9 Å². The normalized spacial score (nSPS) is 10.0. The second kappa shape index (κ2) is 6.13. The summed E-state index contributed by atoms with van der Waals surface area (Å²) in [6.07, 6.45) is 1.76. The van der Waals surface area contributed by atoms with Crippen LogP contribution in [0, 0.1) is 0 Å². The van der Waals surface area contributed by atoms with E-state index in [1.807, 2.05) is 31.1 Å². The van der Waals surface area contributed by atoms with Gasteiger partial charge in [-0.15, -0.1) is 0 Å². The monoisotopic (exact) mass is 286 g/mol. The van der Waals surface area contributed by atoms with Gasteiger partial charge in [-0.05, 0) is 36.4 Å². The van der Waals surface area contributed by atoms with Gasteiger partial charge in [0.25, 0.3) is 11.8 Å². The van der Waals surface area contributed by atoms with Gasteiger partial charge in [-0.2, -0.15) is 0 Å². The smallest absolute Gasteiger partial charge is 0.286 e. The van der Waals surface area contributed by atoms with Crippen LogP contribution in [-0.2, 0) is 7.05 Å². The van der Waals surface area contributed by atoms with E-state index in [1.54, 1.807) is 42.1 Å². The highest BCUT2D eigenvalue weighted by Gasteiger charge is 2.11. The van der Waals surface area contributed by atoms with E-state index in [1.165, 1.54) is 0 Å². The highest BCUT2D eigenvalue weighted by molar-refractivity contribution is 5.98. The molecule has 6 heteroatoms. The molecule has 0 aliphatic rings. The van der Waals surface area contributed by atoms with Crippen molar-refractivity contribution in [2.75, 3.05) is 19.0 Å². The minimum absolute atomic E-state index is 0.358. The van der Waals surface area contributed by atoms with Gasteiger partial charge in [0.05, 0.1) is 0 Å². The molecule has 0 aliphatic heterocycles. The van der Waals surface area contributed by atoms with Gasteiger partial charge in [0.2, 0.25) is 0 Å². The second-order valence-electron chi connectivity index (χ2n) is 4.85. The first-order chi connectivity index (χ1) is 9.99. The molecule has 2 aromatic rings. The lowest BCUT2D eigenvalue weighted by Crippen LogP contribution is -2.42. The summed E-state index contributed by atoms with van der Waals surface area (Å²) in [7, 11) is 5.61. The van der Waals surface area contributed by atoms with Gasteiger partial charge in [-0.3, -0.25) is 20.4 Å². The van der Waals surface area contributed by atoms with Crippen LogP contribution >= 0.6 is 0 Å². The van der Waals surface area contributed by atoms with Crippen molar-refractivity contribution in [3.63, 3.8) is 0 Å². The van der Waals surface area contributed by atoms with E-state index in [-0.39, 0.29) is 11.8 Å². The molecule has 1 heterocycles. The fourth-order valence-corrected chi connectivity index (χ4v) is 1.86. The van der Waals surface area contributed by atoms with Crippen LogP contribution in [0.2, 0.25) is 0 Å². The molecule has 0 aliphatic carbocycles. The number of anilines is 1. The Kier molecular flexibility index (Phi) is 4.27. The standard InChI is InChI=1S/C15H18N4O2/c1-18(2)12-8-6-11(7-9-12)14(20)16-17-15(21)13-5-4-10-19(13)3/h4-10H,1-3H3,(H,16,20)(H,17,21). The molecule has 0 bridgehead atoms. The maximum Gasteiger partial charge on any atom is 0.286 e. The summed E-state index contributed by atoms with van der Waals surface area (Å²) in [5, 5.41) is 0. The molecule has 110 valence electrons. The Balaban J connectivity index is 1.96. The fraction of sp³-hybridized carbons (Fsp3) is 0.200. The Hall–Kier alpha value is -2.76. The molecule has 0 radical (unpaired) electrons. The number of hydrazine groups is 1. The molecule has 0 saturated heterocycles. The predicted octanol–water partition coefficient (Wildman–Crippen LogP) is 1.17. The third-order valence-corrected chi connectivity index (χ3v) is 3.11. The number of rotatable bonds is 3. The highest BCUT2D eigenvalue weighted by Crippen LogP contribution is 2.11. The lowest BCUT2D eigenvalue weighted by molar-refractivity contribution is 0.0842. The number of hydrogen-bond acceptors (Lipinski definition) is 3. The summed E-state index contributed by atoms with van der Waals surface area (Å²) in [5.74, 6) is -0.719. The maximum absolute atomic E-state index is 11.9. The zero-order chi connectivity index (χ0) is 15.4. The first-order valence-electron chi connectivity index (χ1n) is 6.48. The molecule has 0 saturated carbocycles. The first-order valence-corrected chi connectivity index (χ1v) is 6.48. The Morgan fingerprint density at radius 3 is 2.14 bits per heavy atom. The van der Waals surface area contributed by atoms with Crippen molar-refractivity contribution in [3.8, 4) is 0 Å². The van der Waals surface area contributed by atoms with Crippen molar-refractivity contribution in [1.82, 2.24) is 15.4 Å². The number of amides is 2. The van der Waals surface area contributed by atoms with E-state index in [0.717, 1.165) is 5.69 Å². The van der Waals surface area contributed by atoms with Gasteiger partial charge in [0.15, 0.2) is 0 Å². The first kappa shape index (κ1) is 14.6. The summed E-state index contributed by atoms with van der Waals surface area (Å²) in [6.45, 7) is 0. The fourth-order valence-electron chi connectivity index (χ4n) is 1.86. The van der Waals surface area contributed by atoms with Crippen LogP contribution in [-0.4, -0.2) is 30.5 Å². The number of aromatic nitrogens is 1. The Morgan fingerprint density at radius 1 is 1.00 bits per heavy atom. The Labute approximate surface area is 123 Å². The lowest BCUT2D eigenvalue weighted by Gasteiger charge is -2.13. The minimum atomic E-state index is -0.360. The van der Waals surface area contributed by atoms with Crippen LogP contribution in [0.1, 0.15) is 20.8 Å². The van der Waals surface area contributed by atoms with E-state index < -0.39 is 0 Å². The molecule has 0 atom stereocenters. The number of benzene rings is 1. The molecule has 0 fully saturated rings. The van der Waals surface area contributed by atoms with Crippen LogP contribution in [0.4, 0.5) is 5.69 Å². The number of nitrogens with one attached hydrogen (secondary N) is 2. The number of hydrogen-bond donors (Lipinski definition) is 2. The van der Waals surface area contributed by atoms with Crippen LogP contribution in [0.25, 0.3) is 0 Å². The SMILES string of the molecule is CN(C)c1ccc(C(=O)NNC(=O)c2cccn2C)cc1. The molecular weight excluding hydrogens is 268 g/mol. The van der Waals surface area contributed by atoms with Gasteiger partial charge in [-0.1, -0.05) is 0 Å². The van der Waals surface area contributed by atoms with E-state index in [0.29, 0.717) is 11.3 Å². The largest absolute Gasteiger partial charge is 0.378 e. The number of nitrogens with zero attached hydrogens (tertiary/aromatic N) is 2. The van der Waals surface area contributed by atoms with Crippen LogP contribution in [0.5, 0.6) is 0 Å². The van der Waals surface area contributed by atoms with Crippen molar-refractivity contribution in [3.05, 3.63) is 53.9 Å². The summed E-state index contributed by atoms with van der Waals surface area (Å²) in [5.41, 5.74) is 6.74. The van der Waals surface area contributed by atoms with Crippen molar-refractivity contribution < 1.29 is 9.59 Å². The zero-order valence-corrected chi connectivity index (χ0v) is 12.3. The number of carbonyl (C=O) groups is 2. The zero-order valence-electron chi connectivity index (χ0n) is 12.3. The molecule has 2 amide bonds. The molecular formula is C15H18N4O2. The minimum Gasteiger partial charge on any atom is -0.378 e. The third-order valence-electron chi connectivity index (χ3n) is 3.11. The number of aryl methyl sites for hydroxylation is 1.